The molecule has 0 spiro atoms. The smallest absolute Gasteiger partial charge is 0.227 e. The first-order valence-electron chi connectivity index (χ1n) is 10.9. The van der Waals surface area contributed by atoms with Gasteiger partial charge < -0.3 is 25.0 Å². The summed E-state index contributed by atoms with van der Waals surface area (Å²) in [5, 5.41) is 8.06. The summed E-state index contributed by atoms with van der Waals surface area (Å²) < 4.78 is 11.1. The fourth-order valence-corrected chi connectivity index (χ4v) is 4.93. The molecule has 1 aromatic heterocycles. The molecule has 2 atom stereocenters. The minimum absolute atomic E-state index is 0.531. The van der Waals surface area contributed by atoms with Crippen LogP contribution in [0.1, 0.15) is 11.1 Å². The fraction of sp³-hybridized carbons (Fsp3) is 0.417. The summed E-state index contributed by atoms with van der Waals surface area (Å²) in [5.74, 6) is 2.72. The van der Waals surface area contributed by atoms with E-state index < -0.39 is 0 Å². The Hall–Kier alpha value is -2.90. The molecule has 1 aliphatic carbocycles. The quantitative estimate of drug-likeness (QED) is 0.659. The Balaban J connectivity index is 1.26. The van der Waals surface area contributed by atoms with Crippen molar-refractivity contribution in [2.24, 2.45) is 11.8 Å². The Labute approximate surface area is 181 Å². The van der Waals surface area contributed by atoms with Gasteiger partial charge in [0.1, 0.15) is 5.75 Å². The first-order chi connectivity index (χ1) is 15.2. The van der Waals surface area contributed by atoms with Crippen LogP contribution >= 0.6 is 0 Å². The molecule has 6 rings (SSSR count). The monoisotopic (exact) mass is 417 g/mol. The summed E-state index contributed by atoms with van der Waals surface area (Å²) in [6.07, 6.45) is 2.91. The Bertz CT molecular complexity index is 1140. The van der Waals surface area contributed by atoms with Gasteiger partial charge in [0, 0.05) is 48.2 Å². The number of rotatable bonds is 5. The van der Waals surface area contributed by atoms with Crippen molar-refractivity contribution in [3.8, 4) is 5.75 Å². The van der Waals surface area contributed by atoms with Gasteiger partial charge in [0.15, 0.2) is 0 Å². The number of likely N-dealkylation sites (N-methyl/N-ethyl adjacent to an activating group) is 1. The maximum Gasteiger partial charge on any atom is 0.227 e. The maximum absolute atomic E-state index is 5.65. The van der Waals surface area contributed by atoms with Gasteiger partial charge in [0.2, 0.25) is 5.95 Å². The number of benzene rings is 2. The number of hydrogen-bond donors (Lipinski definition) is 2. The van der Waals surface area contributed by atoms with Crippen LogP contribution in [0.15, 0.2) is 36.5 Å². The second kappa shape index (κ2) is 7.35. The van der Waals surface area contributed by atoms with Gasteiger partial charge in [0.25, 0.3) is 0 Å². The van der Waals surface area contributed by atoms with Gasteiger partial charge in [-0.15, -0.1) is 0 Å². The molecule has 3 aliphatic rings. The summed E-state index contributed by atoms with van der Waals surface area (Å²) in [7, 11) is 3.86. The van der Waals surface area contributed by atoms with Crippen molar-refractivity contribution in [2.45, 2.75) is 19.0 Å². The zero-order valence-corrected chi connectivity index (χ0v) is 17.9. The largest absolute Gasteiger partial charge is 0.495 e. The van der Waals surface area contributed by atoms with Crippen LogP contribution in [0.2, 0.25) is 0 Å². The second-order valence-electron chi connectivity index (χ2n) is 8.94. The minimum atomic E-state index is 0.531. The summed E-state index contributed by atoms with van der Waals surface area (Å²) in [6, 6.07) is 11.1. The van der Waals surface area contributed by atoms with Gasteiger partial charge >= 0.3 is 0 Å². The lowest BCUT2D eigenvalue weighted by atomic mass is 9.99. The summed E-state index contributed by atoms with van der Waals surface area (Å²) >= 11 is 0. The summed E-state index contributed by atoms with van der Waals surface area (Å²) in [6.45, 7) is 3.77. The molecule has 31 heavy (non-hydrogen) atoms. The van der Waals surface area contributed by atoms with Crippen molar-refractivity contribution in [1.29, 1.82) is 0 Å². The van der Waals surface area contributed by atoms with Crippen LogP contribution in [0.4, 0.5) is 17.3 Å². The highest BCUT2D eigenvalue weighted by Gasteiger charge is 2.54. The molecular formula is C24H27N5O2. The van der Waals surface area contributed by atoms with Crippen LogP contribution < -0.4 is 15.4 Å². The van der Waals surface area contributed by atoms with Crippen molar-refractivity contribution in [3.63, 3.8) is 0 Å². The fourth-order valence-electron chi connectivity index (χ4n) is 4.93. The van der Waals surface area contributed by atoms with Crippen molar-refractivity contribution in [3.05, 3.63) is 47.7 Å². The number of anilines is 3. The molecule has 2 N–H and O–H groups in total. The van der Waals surface area contributed by atoms with Crippen LogP contribution in [0.3, 0.4) is 0 Å². The molecule has 3 aromatic rings. The van der Waals surface area contributed by atoms with Crippen molar-refractivity contribution >= 4 is 28.2 Å². The van der Waals surface area contributed by atoms with Crippen molar-refractivity contribution in [2.75, 3.05) is 44.5 Å². The third-order valence-corrected chi connectivity index (χ3v) is 6.84. The third-order valence-electron chi connectivity index (χ3n) is 6.84. The van der Waals surface area contributed by atoms with E-state index in [2.05, 4.69) is 57.9 Å². The topological polar surface area (TPSA) is 71.5 Å². The lowest BCUT2D eigenvalue weighted by Gasteiger charge is -2.26. The Kier molecular flexibility index (Phi) is 4.47. The van der Waals surface area contributed by atoms with E-state index in [-0.39, 0.29) is 0 Å². The van der Waals surface area contributed by atoms with Crippen LogP contribution in [0.25, 0.3) is 10.9 Å². The predicted molar refractivity (Wildman–Crippen MR) is 121 cm³/mol. The highest BCUT2D eigenvalue weighted by Crippen LogP contribution is 2.46. The SMILES string of the molecule is COc1cc2c(cc1Nc1ncc3ccc(NC4C5COCC54)cc3n1)CN(C)CC2. The molecular weight excluding hydrogens is 390 g/mol. The number of methoxy groups -OCH3 is 1. The highest BCUT2D eigenvalue weighted by molar-refractivity contribution is 5.83. The molecule has 1 saturated heterocycles. The average molecular weight is 418 g/mol. The molecule has 2 fully saturated rings. The van der Waals surface area contributed by atoms with E-state index >= 15 is 0 Å². The number of aromatic nitrogens is 2. The molecule has 2 aliphatic heterocycles. The third kappa shape index (κ3) is 3.47. The van der Waals surface area contributed by atoms with Gasteiger partial charge in [-0.25, -0.2) is 9.97 Å². The Morgan fingerprint density at radius 1 is 1.13 bits per heavy atom. The average Bonchev–Trinajstić information content (AvgIpc) is 3.18. The molecule has 0 radical (unpaired) electrons. The number of nitrogens with zero attached hydrogens (tertiary/aromatic N) is 3. The molecule has 7 heteroatoms. The van der Waals surface area contributed by atoms with Crippen LogP contribution in [-0.2, 0) is 17.7 Å². The number of nitrogens with one attached hydrogen (secondary N) is 2. The van der Waals surface area contributed by atoms with Gasteiger partial charge in [-0.2, -0.15) is 0 Å². The lowest BCUT2D eigenvalue weighted by molar-refractivity contribution is 0.162. The number of hydrogen-bond acceptors (Lipinski definition) is 7. The molecule has 2 aromatic carbocycles. The number of ether oxygens (including phenoxy) is 2. The first kappa shape index (κ1) is 18.8. The molecule has 0 amide bonds. The van der Waals surface area contributed by atoms with E-state index in [0.717, 1.165) is 60.8 Å². The van der Waals surface area contributed by atoms with E-state index in [9.17, 15) is 0 Å². The zero-order valence-electron chi connectivity index (χ0n) is 17.9. The van der Waals surface area contributed by atoms with Crippen molar-refractivity contribution < 1.29 is 9.47 Å². The lowest BCUT2D eigenvalue weighted by Crippen LogP contribution is -2.26. The minimum Gasteiger partial charge on any atom is -0.495 e. The van der Waals surface area contributed by atoms with Gasteiger partial charge in [0.05, 0.1) is 31.5 Å². The van der Waals surface area contributed by atoms with E-state index in [1.54, 1.807) is 7.11 Å². The molecule has 1 saturated carbocycles. The van der Waals surface area contributed by atoms with Crippen LogP contribution in [-0.4, -0.2) is 54.8 Å². The van der Waals surface area contributed by atoms with E-state index in [4.69, 9.17) is 14.5 Å². The molecule has 7 nitrogen and oxygen atoms in total. The van der Waals surface area contributed by atoms with E-state index in [0.29, 0.717) is 23.8 Å². The second-order valence-corrected chi connectivity index (χ2v) is 8.94. The summed E-state index contributed by atoms with van der Waals surface area (Å²) in [4.78, 5) is 11.6. The normalized spacial score (nSPS) is 24.5. The maximum atomic E-state index is 5.65. The standard InChI is InChI=1S/C24H27N5O2/c1-29-6-5-14-8-22(30-2)21(7-16(14)11-29)28-24-25-10-15-3-4-17(9-20(15)27-24)26-23-18-12-31-13-19(18)23/h3-4,7-10,18-19,23,26H,5-6,11-13H2,1-2H3,(H,25,27,28). The first-order valence-corrected chi connectivity index (χ1v) is 10.9. The Morgan fingerprint density at radius 3 is 2.84 bits per heavy atom. The van der Waals surface area contributed by atoms with Gasteiger partial charge in [-0.1, -0.05) is 0 Å². The highest BCUT2D eigenvalue weighted by atomic mass is 16.5. The van der Waals surface area contributed by atoms with Crippen LogP contribution in [0.5, 0.6) is 5.75 Å². The molecule has 0 bridgehead atoms. The Morgan fingerprint density at radius 2 is 2.00 bits per heavy atom. The van der Waals surface area contributed by atoms with E-state index in [1.807, 2.05) is 6.20 Å². The molecule has 3 heterocycles. The van der Waals surface area contributed by atoms with E-state index in [1.165, 1.54) is 11.1 Å². The van der Waals surface area contributed by atoms with Crippen molar-refractivity contribution in [1.82, 2.24) is 14.9 Å². The predicted octanol–water partition coefficient (Wildman–Crippen LogP) is 3.43. The molecule has 2 unspecified atom stereocenters. The summed E-state index contributed by atoms with van der Waals surface area (Å²) in [5.41, 5.74) is 5.59. The van der Waals surface area contributed by atoms with Crippen LogP contribution in [0, 0.1) is 11.8 Å². The van der Waals surface area contributed by atoms with Gasteiger partial charge in [-0.05, 0) is 54.9 Å². The number of fused-ring (bicyclic) bond motifs is 3. The van der Waals surface area contributed by atoms with Gasteiger partial charge in [-0.3, -0.25) is 0 Å². The zero-order chi connectivity index (χ0) is 20.9. The molecule has 160 valence electrons.